The number of rotatable bonds is 4. The minimum atomic E-state index is 0.251. The minimum absolute atomic E-state index is 0.251. The normalized spacial score (nSPS) is 11.6. The molecule has 0 atom stereocenters. The lowest BCUT2D eigenvalue weighted by molar-refractivity contribution is 0.300. The largest absolute Gasteiger partial charge is 0.497 e. The first-order valence-corrected chi connectivity index (χ1v) is 9.94. The number of ether oxygens (including phenoxy) is 2. The van der Waals surface area contributed by atoms with Crippen LogP contribution in [0.4, 0.5) is 0 Å². The van der Waals surface area contributed by atoms with E-state index in [1.165, 1.54) is 0 Å². The molecule has 0 fully saturated rings. The molecule has 148 valence electrons. The van der Waals surface area contributed by atoms with E-state index in [4.69, 9.17) is 9.47 Å². The average molecular weight is 463 g/mol. The van der Waals surface area contributed by atoms with Crippen molar-refractivity contribution in [3.8, 4) is 28.9 Å². The summed E-state index contributed by atoms with van der Waals surface area (Å²) in [5.74, 6) is 1.43. The smallest absolute Gasteiger partial charge is 0.162 e. The first-order valence-electron chi connectivity index (χ1n) is 9.15. The second kappa shape index (κ2) is 7.31. The molecule has 0 aliphatic carbocycles. The summed E-state index contributed by atoms with van der Waals surface area (Å²) in [6.07, 6.45) is 2.11. The zero-order valence-corrected chi connectivity index (χ0v) is 17.5. The van der Waals surface area contributed by atoms with Crippen molar-refractivity contribution in [1.82, 2.24) is 24.5 Å². The van der Waals surface area contributed by atoms with Crippen LogP contribution in [0.15, 0.2) is 53.3 Å². The molecule has 9 heteroatoms. The molecule has 3 heterocycles. The van der Waals surface area contributed by atoms with Crippen molar-refractivity contribution in [2.75, 3.05) is 7.11 Å². The van der Waals surface area contributed by atoms with Gasteiger partial charge in [0.25, 0.3) is 0 Å². The van der Waals surface area contributed by atoms with Gasteiger partial charge in [0, 0.05) is 17.0 Å². The van der Waals surface area contributed by atoms with Crippen LogP contribution < -0.4 is 9.47 Å². The molecule has 0 N–H and O–H groups in total. The van der Waals surface area contributed by atoms with Gasteiger partial charge in [-0.05, 0) is 30.3 Å². The molecule has 2 aromatic carbocycles. The molecule has 1 aliphatic heterocycles. The van der Waals surface area contributed by atoms with Gasteiger partial charge in [0.15, 0.2) is 5.69 Å². The fourth-order valence-electron chi connectivity index (χ4n) is 3.53. The Morgan fingerprint density at radius 3 is 2.83 bits per heavy atom. The quantitative estimate of drug-likeness (QED) is 0.405. The van der Waals surface area contributed by atoms with Gasteiger partial charge in [-0.2, -0.15) is 5.26 Å². The Bertz CT molecular complexity index is 1300. The molecule has 0 bridgehead atoms. The Morgan fingerprint density at radius 2 is 2.03 bits per heavy atom. The van der Waals surface area contributed by atoms with Gasteiger partial charge in [0.05, 0.1) is 29.9 Å². The highest BCUT2D eigenvalue weighted by Crippen LogP contribution is 2.32. The Morgan fingerprint density at radius 1 is 1.13 bits per heavy atom. The van der Waals surface area contributed by atoms with E-state index in [9.17, 15) is 5.26 Å². The summed E-state index contributed by atoms with van der Waals surface area (Å²) in [5, 5.41) is 18.3. The van der Waals surface area contributed by atoms with Crippen LogP contribution in [0.3, 0.4) is 0 Å². The van der Waals surface area contributed by atoms with Crippen LogP contribution in [0.1, 0.15) is 22.8 Å². The van der Waals surface area contributed by atoms with Crippen molar-refractivity contribution in [1.29, 1.82) is 5.26 Å². The number of benzene rings is 2. The number of fused-ring (bicyclic) bond motifs is 5. The van der Waals surface area contributed by atoms with Gasteiger partial charge < -0.3 is 9.47 Å². The van der Waals surface area contributed by atoms with E-state index in [1.54, 1.807) is 18.1 Å². The van der Waals surface area contributed by atoms with Gasteiger partial charge in [-0.3, -0.25) is 4.57 Å². The molecule has 0 unspecified atom stereocenters. The summed E-state index contributed by atoms with van der Waals surface area (Å²) >= 11 is 3.45. The molecule has 0 amide bonds. The molecule has 0 saturated carbocycles. The Balaban J connectivity index is 1.61. The van der Waals surface area contributed by atoms with Gasteiger partial charge in [-0.25, -0.2) is 9.67 Å². The van der Waals surface area contributed by atoms with Crippen molar-refractivity contribution in [2.45, 2.75) is 13.0 Å². The number of halogens is 1. The van der Waals surface area contributed by atoms with Crippen LogP contribution in [0.5, 0.6) is 11.5 Å². The predicted octanol–water partition coefficient (Wildman–Crippen LogP) is 3.58. The molecule has 8 nitrogen and oxygen atoms in total. The third kappa shape index (κ3) is 3.02. The van der Waals surface area contributed by atoms with Crippen molar-refractivity contribution in [3.63, 3.8) is 0 Å². The predicted molar refractivity (Wildman–Crippen MR) is 111 cm³/mol. The summed E-state index contributed by atoms with van der Waals surface area (Å²) < 4.78 is 16.0. The third-order valence-corrected chi connectivity index (χ3v) is 5.49. The van der Waals surface area contributed by atoms with Crippen molar-refractivity contribution in [3.05, 3.63) is 76.0 Å². The Hall–Kier alpha value is -3.64. The van der Waals surface area contributed by atoms with E-state index >= 15 is 0 Å². The van der Waals surface area contributed by atoms with Crippen molar-refractivity contribution < 1.29 is 9.47 Å². The lowest BCUT2D eigenvalue weighted by Gasteiger charge is -2.11. The third-order valence-electron chi connectivity index (χ3n) is 4.99. The van der Waals surface area contributed by atoms with Crippen LogP contribution in [0.25, 0.3) is 11.4 Å². The molecule has 2 aromatic heterocycles. The van der Waals surface area contributed by atoms with E-state index in [0.717, 1.165) is 33.0 Å². The first-order chi connectivity index (χ1) is 14.7. The van der Waals surface area contributed by atoms with Gasteiger partial charge in [0.1, 0.15) is 36.2 Å². The summed E-state index contributed by atoms with van der Waals surface area (Å²) in [6.45, 7) is 0.251. The lowest BCUT2D eigenvalue weighted by atomic mass is 10.1. The average Bonchev–Trinajstić information content (AvgIpc) is 3.33. The molecule has 5 rings (SSSR count). The van der Waals surface area contributed by atoms with Crippen LogP contribution in [0, 0.1) is 11.3 Å². The van der Waals surface area contributed by atoms with Gasteiger partial charge in [-0.15, -0.1) is 5.10 Å². The van der Waals surface area contributed by atoms with E-state index in [1.807, 2.05) is 47.0 Å². The molecule has 4 aromatic rings. The fourth-order valence-corrected chi connectivity index (χ4v) is 3.91. The van der Waals surface area contributed by atoms with E-state index in [2.05, 4.69) is 37.3 Å². The molecule has 0 saturated heterocycles. The first kappa shape index (κ1) is 18.4. The van der Waals surface area contributed by atoms with Crippen LogP contribution in [-0.2, 0) is 13.0 Å². The Kier molecular flexibility index (Phi) is 4.48. The van der Waals surface area contributed by atoms with Crippen LogP contribution in [-0.4, -0.2) is 31.7 Å². The maximum absolute atomic E-state index is 9.54. The number of nitrogens with zero attached hydrogens (tertiary/aromatic N) is 6. The maximum Gasteiger partial charge on any atom is 0.162 e. The van der Waals surface area contributed by atoms with Crippen molar-refractivity contribution in [2.24, 2.45) is 0 Å². The summed E-state index contributed by atoms with van der Waals surface area (Å²) in [5.41, 5.74) is 4.35. The number of methoxy groups -OCH3 is 1. The minimum Gasteiger partial charge on any atom is -0.497 e. The molecule has 1 aliphatic rings. The van der Waals surface area contributed by atoms with Crippen LogP contribution in [0.2, 0.25) is 0 Å². The van der Waals surface area contributed by atoms with E-state index in [0.29, 0.717) is 23.6 Å². The van der Waals surface area contributed by atoms with E-state index in [-0.39, 0.29) is 6.61 Å². The highest BCUT2D eigenvalue weighted by molar-refractivity contribution is 9.10. The second-order valence-electron chi connectivity index (χ2n) is 6.69. The highest BCUT2D eigenvalue weighted by Gasteiger charge is 2.26. The number of aromatic nitrogens is 5. The van der Waals surface area contributed by atoms with Gasteiger partial charge in [-0.1, -0.05) is 27.2 Å². The Labute approximate surface area is 180 Å². The zero-order chi connectivity index (χ0) is 20.7. The number of imidazole rings is 1. The molecular formula is C21H15BrN6O2. The number of nitriles is 1. The van der Waals surface area contributed by atoms with Gasteiger partial charge in [0.2, 0.25) is 0 Å². The monoisotopic (exact) mass is 462 g/mol. The molecule has 0 spiro atoms. The highest BCUT2D eigenvalue weighted by atomic mass is 79.9. The topological polar surface area (TPSA) is 90.8 Å². The zero-order valence-electron chi connectivity index (χ0n) is 15.9. The van der Waals surface area contributed by atoms with Gasteiger partial charge >= 0.3 is 0 Å². The summed E-state index contributed by atoms with van der Waals surface area (Å²) in [6, 6.07) is 15.5. The number of hydrogen-bond donors (Lipinski definition) is 0. The number of hydrogen-bond acceptors (Lipinski definition) is 6. The molecule has 0 radical (unpaired) electrons. The summed E-state index contributed by atoms with van der Waals surface area (Å²) in [7, 11) is 1.62. The lowest BCUT2D eigenvalue weighted by Crippen LogP contribution is -2.05. The van der Waals surface area contributed by atoms with Crippen molar-refractivity contribution >= 4 is 15.9 Å². The molecular weight excluding hydrogens is 448 g/mol. The standard InChI is InChI=1S/C21H15BrN6O2/c1-29-14-5-6-18-21(8-14)28-20(9-19-16(10-23)24-12-27(18)19)17(25-26-28)11-30-15-4-2-3-13(22)7-15/h2-8,12H,9,11H2,1H3. The fraction of sp³-hybridized carbons (Fsp3) is 0.143. The van der Waals surface area contributed by atoms with E-state index < -0.39 is 0 Å². The maximum atomic E-state index is 9.54. The molecule has 30 heavy (non-hydrogen) atoms. The second-order valence-corrected chi connectivity index (χ2v) is 7.61. The SMILES string of the molecule is COc1ccc2c(c1)-n1nnc(COc3cccc(Br)c3)c1Cc1c(C#N)ncn1-2. The summed E-state index contributed by atoms with van der Waals surface area (Å²) in [4.78, 5) is 4.27. The van der Waals surface area contributed by atoms with Crippen LogP contribution >= 0.6 is 15.9 Å².